The molecule has 0 spiro atoms. The zero-order valence-corrected chi connectivity index (χ0v) is 14.0. The van der Waals surface area contributed by atoms with Crippen LogP contribution in [0.2, 0.25) is 0 Å². The second-order valence-electron chi connectivity index (χ2n) is 6.61. The zero-order valence-electron chi connectivity index (χ0n) is 14.0. The fraction of sp³-hybridized carbons (Fsp3) is 0.350. The van der Waals surface area contributed by atoms with E-state index >= 15 is 0 Å². The van der Waals surface area contributed by atoms with Crippen LogP contribution in [-0.4, -0.2) is 19.1 Å². The summed E-state index contributed by atoms with van der Waals surface area (Å²) in [5.41, 5.74) is 4.68. The van der Waals surface area contributed by atoms with Crippen molar-refractivity contribution in [2.75, 3.05) is 18.5 Å². The van der Waals surface area contributed by atoms with Crippen molar-refractivity contribution in [2.24, 2.45) is 0 Å². The van der Waals surface area contributed by atoms with Crippen LogP contribution in [0.15, 0.2) is 30.3 Å². The molecule has 2 aliphatic heterocycles. The molecule has 4 nitrogen and oxygen atoms in total. The highest BCUT2D eigenvalue weighted by atomic mass is 16.5. The maximum atomic E-state index is 13.1. The molecule has 0 saturated carbocycles. The Morgan fingerprint density at radius 3 is 2.75 bits per heavy atom. The molecule has 0 saturated heterocycles. The molecule has 0 aliphatic carbocycles. The van der Waals surface area contributed by atoms with E-state index in [2.05, 4.69) is 25.2 Å². The number of carbonyl (C=O) groups excluding carboxylic acids is 1. The van der Waals surface area contributed by atoms with Crippen LogP contribution in [0.4, 0.5) is 5.69 Å². The second-order valence-corrected chi connectivity index (χ2v) is 6.61. The molecule has 0 bridgehead atoms. The summed E-state index contributed by atoms with van der Waals surface area (Å²) in [5, 5.41) is 3.09. The Morgan fingerprint density at radius 1 is 1.12 bits per heavy atom. The van der Waals surface area contributed by atoms with E-state index < -0.39 is 0 Å². The summed E-state index contributed by atoms with van der Waals surface area (Å²) in [6.45, 7) is 5.50. The Bertz CT molecular complexity index is 779. The fourth-order valence-electron chi connectivity index (χ4n) is 3.52. The fourth-order valence-corrected chi connectivity index (χ4v) is 3.52. The van der Waals surface area contributed by atoms with Crippen molar-refractivity contribution < 1.29 is 14.3 Å². The largest absolute Gasteiger partial charge is 0.493 e. The summed E-state index contributed by atoms with van der Waals surface area (Å²) in [6, 6.07) is 9.98. The van der Waals surface area contributed by atoms with Gasteiger partial charge < -0.3 is 14.8 Å². The minimum Gasteiger partial charge on any atom is -0.493 e. The van der Waals surface area contributed by atoms with E-state index in [1.807, 2.05) is 24.3 Å². The van der Waals surface area contributed by atoms with E-state index in [1.54, 1.807) is 0 Å². The Morgan fingerprint density at radius 2 is 1.92 bits per heavy atom. The van der Waals surface area contributed by atoms with Gasteiger partial charge in [0.05, 0.1) is 18.8 Å². The van der Waals surface area contributed by atoms with Crippen molar-refractivity contribution in [3.8, 4) is 11.5 Å². The second kappa shape index (κ2) is 5.86. The number of hydrogen-bond donors (Lipinski definition) is 1. The number of anilines is 1. The van der Waals surface area contributed by atoms with Crippen LogP contribution in [-0.2, 0) is 12.8 Å². The van der Waals surface area contributed by atoms with Crippen LogP contribution >= 0.6 is 0 Å². The van der Waals surface area contributed by atoms with E-state index in [-0.39, 0.29) is 5.91 Å². The number of carbonyl (C=O) groups is 1. The number of benzene rings is 2. The molecule has 0 aromatic heterocycles. The van der Waals surface area contributed by atoms with E-state index in [0.29, 0.717) is 24.7 Å². The summed E-state index contributed by atoms with van der Waals surface area (Å²) in [6.07, 6.45) is 1.58. The lowest BCUT2D eigenvalue weighted by atomic mass is 9.98. The van der Waals surface area contributed by atoms with Crippen molar-refractivity contribution in [1.29, 1.82) is 0 Å². The van der Waals surface area contributed by atoms with Crippen LogP contribution in [0, 0.1) is 0 Å². The standard InChI is InChI=1S/C20H21NO3/c1-12(2)14-5-3-4-6-16(14)21-20(22)18-15-8-10-23-17(15)11-13-7-9-24-19(13)18/h3-6,11-12H,7-10H2,1-2H3,(H,21,22). The SMILES string of the molecule is CC(C)c1ccccc1NC(=O)c1c2c(cc3c1OCC3)OCC2. The smallest absolute Gasteiger partial charge is 0.259 e. The van der Waals surface area contributed by atoms with Gasteiger partial charge in [-0.15, -0.1) is 0 Å². The highest BCUT2D eigenvalue weighted by molar-refractivity contribution is 6.08. The molecule has 2 aliphatic rings. The molecular formula is C20H21NO3. The van der Waals surface area contributed by atoms with Gasteiger partial charge in [0, 0.05) is 29.7 Å². The van der Waals surface area contributed by atoms with Gasteiger partial charge >= 0.3 is 0 Å². The third-order valence-electron chi connectivity index (χ3n) is 4.71. The summed E-state index contributed by atoms with van der Waals surface area (Å²) in [5.74, 6) is 1.80. The van der Waals surface area contributed by atoms with E-state index in [1.165, 1.54) is 0 Å². The number of fused-ring (bicyclic) bond motifs is 2. The first-order valence-electron chi connectivity index (χ1n) is 8.49. The summed E-state index contributed by atoms with van der Waals surface area (Å²) in [4.78, 5) is 13.1. The van der Waals surface area contributed by atoms with Crippen LogP contribution in [0.5, 0.6) is 11.5 Å². The van der Waals surface area contributed by atoms with Crippen LogP contribution in [0.25, 0.3) is 0 Å². The average molecular weight is 323 g/mol. The zero-order chi connectivity index (χ0) is 16.7. The number of amides is 1. The predicted octanol–water partition coefficient (Wildman–Crippen LogP) is 3.93. The quantitative estimate of drug-likeness (QED) is 0.931. The van der Waals surface area contributed by atoms with Gasteiger partial charge in [-0.3, -0.25) is 4.79 Å². The molecular weight excluding hydrogens is 302 g/mol. The van der Waals surface area contributed by atoms with Crippen LogP contribution in [0.1, 0.15) is 46.8 Å². The van der Waals surface area contributed by atoms with Gasteiger partial charge in [0.25, 0.3) is 5.91 Å². The summed E-state index contributed by atoms with van der Waals surface area (Å²) < 4.78 is 11.5. The summed E-state index contributed by atoms with van der Waals surface area (Å²) >= 11 is 0. The minimum absolute atomic E-state index is 0.108. The van der Waals surface area contributed by atoms with Gasteiger partial charge in [0.1, 0.15) is 11.5 Å². The molecule has 2 aromatic carbocycles. The number of para-hydroxylation sites is 1. The van der Waals surface area contributed by atoms with Gasteiger partial charge in [-0.2, -0.15) is 0 Å². The van der Waals surface area contributed by atoms with Crippen molar-refractivity contribution in [1.82, 2.24) is 0 Å². The Kier molecular flexibility index (Phi) is 3.68. The van der Waals surface area contributed by atoms with Crippen molar-refractivity contribution >= 4 is 11.6 Å². The molecule has 0 radical (unpaired) electrons. The lowest BCUT2D eigenvalue weighted by Gasteiger charge is -2.16. The van der Waals surface area contributed by atoms with Crippen LogP contribution in [0.3, 0.4) is 0 Å². The molecule has 4 heteroatoms. The van der Waals surface area contributed by atoms with E-state index in [9.17, 15) is 4.79 Å². The first-order valence-corrected chi connectivity index (χ1v) is 8.49. The molecule has 1 amide bonds. The van der Waals surface area contributed by atoms with Crippen molar-refractivity contribution in [2.45, 2.75) is 32.6 Å². The lowest BCUT2D eigenvalue weighted by Crippen LogP contribution is -2.16. The normalized spacial score (nSPS) is 14.8. The third kappa shape index (κ3) is 2.42. The van der Waals surface area contributed by atoms with Gasteiger partial charge in [-0.05, 0) is 23.6 Å². The van der Waals surface area contributed by atoms with Crippen molar-refractivity contribution in [3.05, 3.63) is 52.6 Å². The van der Waals surface area contributed by atoms with Crippen LogP contribution < -0.4 is 14.8 Å². The highest BCUT2D eigenvalue weighted by Gasteiger charge is 2.30. The lowest BCUT2D eigenvalue weighted by molar-refractivity contribution is 0.102. The summed E-state index contributed by atoms with van der Waals surface area (Å²) in [7, 11) is 0. The molecule has 2 aromatic rings. The van der Waals surface area contributed by atoms with E-state index in [0.717, 1.165) is 46.7 Å². The van der Waals surface area contributed by atoms with Gasteiger partial charge in [-0.25, -0.2) is 0 Å². The monoisotopic (exact) mass is 323 g/mol. The number of rotatable bonds is 3. The maximum Gasteiger partial charge on any atom is 0.259 e. The molecule has 1 N–H and O–H groups in total. The number of hydrogen-bond acceptors (Lipinski definition) is 3. The molecule has 4 rings (SSSR count). The predicted molar refractivity (Wildman–Crippen MR) is 93.3 cm³/mol. The molecule has 0 unspecified atom stereocenters. The first kappa shape index (κ1) is 15.1. The number of ether oxygens (including phenoxy) is 2. The van der Waals surface area contributed by atoms with Gasteiger partial charge in [0.15, 0.2) is 0 Å². The van der Waals surface area contributed by atoms with E-state index in [4.69, 9.17) is 9.47 Å². The molecule has 124 valence electrons. The Balaban J connectivity index is 1.74. The first-order chi connectivity index (χ1) is 11.6. The number of nitrogens with one attached hydrogen (secondary N) is 1. The average Bonchev–Trinajstić information content (AvgIpc) is 3.20. The maximum absolute atomic E-state index is 13.1. The Labute approximate surface area is 141 Å². The highest BCUT2D eigenvalue weighted by Crippen LogP contribution is 2.41. The molecule has 0 fully saturated rings. The topological polar surface area (TPSA) is 47.6 Å². The van der Waals surface area contributed by atoms with Crippen molar-refractivity contribution in [3.63, 3.8) is 0 Å². The third-order valence-corrected chi connectivity index (χ3v) is 4.71. The molecule has 2 heterocycles. The minimum atomic E-state index is -0.108. The molecule has 0 atom stereocenters. The van der Waals surface area contributed by atoms with Gasteiger partial charge in [-0.1, -0.05) is 32.0 Å². The molecule has 24 heavy (non-hydrogen) atoms. The Hall–Kier alpha value is -2.49. The van der Waals surface area contributed by atoms with Gasteiger partial charge in [0.2, 0.25) is 0 Å².